The Kier molecular flexibility index (Phi) is 11.3. The highest BCUT2D eigenvalue weighted by Crippen LogP contribution is 2.67. The minimum Gasteiger partial charge on any atom is -0.494 e. The number of fused-ring (bicyclic) bond motifs is 1. The van der Waals surface area contributed by atoms with Gasteiger partial charge in [-0.25, -0.2) is 0 Å². The van der Waals surface area contributed by atoms with E-state index in [2.05, 4.69) is 89.3 Å². The van der Waals surface area contributed by atoms with Crippen LogP contribution in [0.5, 0.6) is 11.5 Å². The molecule has 3 aromatic carbocycles. The average molecular weight is 663 g/mol. The van der Waals surface area contributed by atoms with E-state index in [1.807, 2.05) is 30.3 Å². The molecular weight excluding hydrogens is 608 g/mol. The summed E-state index contributed by atoms with van der Waals surface area (Å²) >= 11 is 5.84. The molecule has 3 aromatic rings. The Morgan fingerprint density at radius 3 is 2.13 bits per heavy atom. The van der Waals surface area contributed by atoms with Gasteiger partial charge in [0.25, 0.3) is 0 Å². The molecule has 0 bridgehead atoms. The van der Waals surface area contributed by atoms with Crippen LogP contribution < -0.4 is 9.47 Å². The van der Waals surface area contributed by atoms with Crippen molar-refractivity contribution in [3.05, 3.63) is 95.6 Å². The number of rotatable bonds is 13. The highest BCUT2D eigenvalue weighted by atomic mass is 35.5. The Bertz CT molecular complexity index is 1370. The molecule has 0 amide bonds. The molecule has 5 rings (SSSR count). The number of alkyl halides is 1. The van der Waals surface area contributed by atoms with Gasteiger partial charge in [0.15, 0.2) is 9.04 Å². The Hall–Kier alpha value is -2.31. The van der Waals surface area contributed by atoms with Crippen molar-refractivity contribution in [1.82, 2.24) is 0 Å². The molecule has 46 heavy (non-hydrogen) atoms. The van der Waals surface area contributed by atoms with Gasteiger partial charge in [-0.3, -0.25) is 0 Å². The summed E-state index contributed by atoms with van der Waals surface area (Å²) in [4.78, 5) is 0. The minimum absolute atomic E-state index is 0.107. The lowest BCUT2D eigenvalue weighted by Gasteiger charge is -2.60. The van der Waals surface area contributed by atoms with Crippen molar-refractivity contribution < 1.29 is 19.0 Å². The minimum atomic E-state index is -1.54. The Morgan fingerprint density at radius 2 is 1.50 bits per heavy atom. The molecule has 0 spiro atoms. The van der Waals surface area contributed by atoms with Crippen molar-refractivity contribution >= 4 is 20.6 Å². The van der Waals surface area contributed by atoms with Crippen LogP contribution in [0.1, 0.15) is 88.8 Å². The van der Waals surface area contributed by atoms with E-state index in [9.17, 15) is 5.11 Å². The second kappa shape index (κ2) is 14.8. The predicted molar refractivity (Wildman–Crippen MR) is 193 cm³/mol. The molecule has 2 aliphatic carbocycles. The molecule has 0 heterocycles. The van der Waals surface area contributed by atoms with Gasteiger partial charge in [-0.2, -0.15) is 0 Å². The topological polar surface area (TPSA) is 47.9 Å². The van der Waals surface area contributed by atoms with Gasteiger partial charge in [0, 0.05) is 17.2 Å². The summed E-state index contributed by atoms with van der Waals surface area (Å²) in [5.41, 5.74) is 1.93. The third-order valence-corrected chi connectivity index (χ3v) is 11.9. The van der Waals surface area contributed by atoms with E-state index >= 15 is 0 Å². The highest BCUT2D eigenvalue weighted by molar-refractivity contribution is 6.48. The molecule has 2 fully saturated rings. The molecule has 250 valence electrons. The van der Waals surface area contributed by atoms with Crippen molar-refractivity contribution in [2.75, 3.05) is 12.5 Å². The number of ether oxygens (including phenoxy) is 2. The fraction of sp³-hybridized carbons (Fsp3) is 0.550. The third-order valence-electron chi connectivity index (χ3n) is 10.8. The fourth-order valence-electron chi connectivity index (χ4n) is 8.71. The standard InChI is InChI=1S/C40H55ClO4Si/c1-38(2,3)36-24-19-32-27-35(30-15-20-34(21-16-30)44-28-29-13-9-7-10-14-29)40(42,37(39(32,36)4)45-46(5)6)31-17-22-33(23-18-31)43-26-12-8-11-25-41/h7,9-10,13-18,20-23,32,35-37,42,46H,8,11-12,19,24-28H2,1-6H3/t32-,35-,36-,37?,39-,40+/m0/s1. The molecule has 0 saturated heterocycles. The van der Waals surface area contributed by atoms with Crippen LogP contribution in [-0.4, -0.2) is 32.7 Å². The zero-order valence-corrected chi connectivity index (χ0v) is 30.7. The normalized spacial score (nSPS) is 27.8. The molecule has 6 atom stereocenters. The largest absolute Gasteiger partial charge is 0.494 e. The zero-order chi connectivity index (χ0) is 33.0. The van der Waals surface area contributed by atoms with Gasteiger partial charge in [-0.15, -0.1) is 11.6 Å². The molecule has 2 aliphatic rings. The first-order chi connectivity index (χ1) is 22.0. The van der Waals surface area contributed by atoms with Crippen LogP contribution in [0.15, 0.2) is 78.9 Å². The van der Waals surface area contributed by atoms with Gasteiger partial charge in [-0.05, 0) is 110 Å². The maximum absolute atomic E-state index is 13.5. The van der Waals surface area contributed by atoms with Crippen LogP contribution in [0.3, 0.4) is 0 Å². The molecular formula is C40H55ClO4Si. The zero-order valence-electron chi connectivity index (χ0n) is 28.8. The van der Waals surface area contributed by atoms with E-state index in [1.165, 1.54) is 6.42 Å². The SMILES string of the molecule is C[SiH](C)OC1[C@@]2(C)[C@@H](CC[C@H]2C(C)(C)C)C[C@@H](c2ccc(OCc3ccccc3)cc2)[C@]1(O)c1ccc(OCCCCCCl)cc1. The number of halogens is 1. The Balaban J connectivity index is 1.51. The number of benzene rings is 3. The maximum Gasteiger partial charge on any atom is 0.171 e. The van der Waals surface area contributed by atoms with Crippen LogP contribution in [0.2, 0.25) is 13.1 Å². The van der Waals surface area contributed by atoms with Gasteiger partial charge in [-0.1, -0.05) is 82.3 Å². The molecule has 0 radical (unpaired) electrons. The molecule has 2 saturated carbocycles. The summed E-state index contributed by atoms with van der Waals surface area (Å²) in [6.07, 6.45) is 5.98. The first-order valence-corrected chi connectivity index (χ1v) is 20.7. The summed E-state index contributed by atoms with van der Waals surface area (Å²) in [6.45, 7) is 15.2. The first kappa shape index (κ1) is 35.0. The number of aliphatic hydroxyl groups is 1. The molecule has 1 N–H and O–H groups in total. The van der Waals surface area contributed by atoms with Crippen LogP contribution in [-0.2, 0) is 16.6 Å². The summed E-state index contributed by atoms with van der Waals surface area (Å²) < 4.78 is 19.4. The predicted octanol–water partition coefficient (Wildman–Crippen LogP) is 9.88. The van der Waals surface area contributed by atoms with Crippen LogP contribution in [0.25, 0.3) is 0 Å². The molecule has 4 nitrogen and oxygen atoms in total. The third kappa shape index (κ3) is 7.38. The first-order valence-electron chi connectivity index (χ1n) is 17.4. The smallest absolute Gasteiger partial charge is 0.171 e. The number of unbranched alkanes of at least 4 members (excludes halogenated alkanes) is 2. The lowest BCUT2D eigenvalue weighted by atomic mass is 9.50. The highest BCUT2D eigenvalue weighted by Gasteiger charge is 2.66. The summed E-state index contributed by atoms with van der Waals surface area (Å²) in [5.74, 6) is 3.14. The van der Waals surface area contributed by atoms with E-state index in [1.54, 1.807) is 0 Å². The molecule has 0 aliphatic heterocycles. The van der Waals surface area contributed by atoms with Crippen LogP contribution in [0, 0.1) is 22.7 Å². The second-order valence-corrected chi connectivity index (χ2v) is 18.0. The van der Waals surface area contributed by atoms with Gasteiger partial charge >= 0.3 is 0 Å². The fourth-order valence-corrected chi connectivity index (χ4v) is 9.95. The van der Waals surface area contributed by atoms with Crippen molar-refractivity contribution in [1.29, 1.82) is 0 Å². The van der Waals surface area contributed by atoms with Gasteiger partial charge < -0.3 is 19.0 Å². The molecule has 1 unspecified atom stereocenters. The van der Waals surface area contributed by atoms with Crippen molar-refractivity contribution in [2.45, 2.75) is 104 Å². The maximum atomic E-state index is 13.5. The Labute approximate surface area is 284 Å². The van der Waals surface area contributed by atoms with Gasteiger partial charge in [0.2, 0.25) is 0 Å². The number of hydrogen-bond donors (Lipinski definition) is 1. The lowest BCUT2D eigenvalue weighted by Crippen LogP contribution is -2.63. The van der Waals surface area contributed by atoms with Crippen molar-refractivity contribution in [3.63, 3.8) is 0 Å². The lowest BCUT2D eigenvalue weighted by molar-refractivity contribution is -0.200. The average Bonchev–Trinajstić information content (AvgIpc) is 3.39. The van der Waals surface area contributed by atoms with Crippen molar-refractivity contribution in [2.24, 2.45) is 22.7 Å². The van der Waals surface area contributed by atoms with Gasteiger partial charge in [0.1, 0.15) is 23.7 Å². The van der Waals surface area contributed by atoms with E-state index in [0.717, 1.165) is 60.3 Å². The van der Waals surface area contributed by atoms with E-state index in [4.69, 9.17) is 25.5 Å². The quantitative estimate of drug-likeness (QED) is 0.112. The van der Waals surface area contributed by atoms with Crippen LogP contribution in [0.4, 0.5) is 0 Å². The van der Waals surface area contributed by atoms with E-state index in [0.29, 0.717) is 30.9 Å². The van der Waals surface area contributed by atoms with Crippen LogP contribution >= 0.6 is 11.6 Å². The molecule has 0 aromatic heterocycles. The van der Waals surface area contributed by atoms with Crippen molar-refractivity contribution in [3.8, 4) is 11.5 Å². The van der Waals surface area contributed by atoms with Gasteiger partial charge in [0.05, 0.1) is 12.7 Å². The van der Waals surface area contributed by atoms with E-state index < -0.39 is 14.6 Å². The summed E-state index contributed by atoms with van der Waals surface area (Å²) in [6, 6.07) is 26.9. The Morgan fingerprint density at radius 1 is 0.848 bits per heavy atom. The monoisotopic (exact) mass is 662 g/mol. The second-order valence-electron chi connectivity index (χ2n) is 15.2. The molecule has 6 heteroatoms. The number of hydrogen-bond acceptors (Lipinski definition) is 4. The van der Waals surface area contributed by atoms with E-state index in [-0.39, 0.29) is 22.9 Å². The summed E-state index contributed by atoms with van der Waals surface area (Å²) in [5, 5.41) is 13.5. The summed E-state index contributed by atoms with van der Waals surface area (Å²) in [7, 11) is -1.54.